The SMILES string of the molecule is CCC(Sc1ncnc2c1cnn2-c1ccc(F)cc1)C(=O)c1ccc(OC)cc1. The van der Waals surface area contributed by atoms with E-state index in [9.17, 15) is 9.18 Å². The molecule has 4 rings (SSSR count). The fourth-order valence-electron chi connectivity index (χ4n) is 3.09. The van der Waals surface area contributed by atoms with E-state index < -0.39 is 0 Å². The minimum absolute atomic E-state index is 0.0304. The number of Topliss-reactive ketones (excluding diaryl/α,β-unsaturated/α-hetero) is 1. The van der Waals surface area contributed by atoms with Gasteiger partial charge in [-0.1, -0.05) is 18.7 Å². The summed E-state index contributed by atoms with van der Waals surface area (Å²) in [6.07, 6.45) is 3.77. The summed E-state index contributed by atoms with van der Waals surface area (Å²) in [5.41, 5.74) is 1.93. The summed E-state index contributed by atoms with van der Waals surface area (Å²) in [6, 6.07) is 13.1. The summed E-state index contributed by atoms with van der Waals surface area (Å²) in [7, 11) is 1.59. The molecule has 0 aliphatic carbocycles. The molecular weight excluding hydrogens is 403 g/mol. The number of carbonyl (C=O) groups excluding carboxylic acids is 1. The van der Waals surface area contributed by atoms with Gasteiger partial charge in [0.15, 0.2) is 11.4 Å². The summed E-state index contributed by atoms with van der Waals surface area (Å²) in [5.74, 6) is 0.421. The number of methoxy groups -OCH3 is 1. The predicted octanol–water partition coefficient (Wildman–Crippen LogP) is 4.72. The van der Waals surface area contributed by atoms with Gasteiger partial charge in [-0.25, -0.2) is 19.0 Å². The maximum atomic E-state index is 13.2. The molecule has 30 heavy (non-hydrogen) atoms. The molecule has 2 aromatic heterocycles. The van der Waals surface area contributed by atoms with Crippen LogP contribution < -0.4 is 4.74 Å². The van der Waals surface area contributed by atoms with Crippen molar-refractivity contribution < 1.29 is 13.9 Å². The molecule has 1 atom stereocenters. The lowest BCUT2D eigenvalue weighted by Gasteiger charge is -2.13. The van der Waals surface area contributed by atoms with E-state index in [2.05, 4.69) is 15.1 Å². The molecule has 2 aromatic carbocycles. The average molecular weight is 422 g/mol. The van der Waals surface area contributed by atoms with Crippen LogP contribution in [0.5, 0.6) is 5.75 Å². The Labute approximate surface area is 177 Å². The molecule has 8 heteroatoms. The molecule has 1 unspecified atom stereocenters. The van der Waals surface area contributed by atoms with Crippen molar-refractivity contribution in [2.24, 2.45) is 0 Å². The van der Waals surface area contributed by atoms with Crippen LogP contribution in [0.4, 0.5) is 4.39 Å². The van der Waals surface area contributed by atoms with Crippen molar-refractivity contribution in [3.8, 4) is 11.4 Å². The van der Waals surface area contributed by atoms with Gasteiger partial charge >= 0.3 is 0 Å². The highest BCUT2D eigenvalue weighted by Gasteiger charge is 2.22. The Morgan fingerprint density at radius 2 is 1.87 bits per heavy atom. The number of benzene rings is 2. The summed E-state index contributed by atoms with van der Waals surface area (Å²) < 4.78 is 20.0. The van der Waals surface area contributed by atoms with Crippen molar-refractivity contribution in [1.82, 2.24) is 19.7 Å². The first kappa shape index (κ1) is 20.0. The molecule has 0 aliphatic heterocycles. The molecule has 4 aromatic rings. The van der Waals surface area contributed by atoms with E-state index in [0.29, 0.717) is 34.1 Å². The lowest BCUT2D eigenvalue weighted by molar-refractivity contribution is 0.0988. The Bertz CT molecular complexity index is 1180. The molecular formula is C22H19FN4O2S. The topological polar surface area (TPSA) is 69.9 Å². The highest BCUT2D eigenvalue weighted by atomic mass is 32.2. The second-order valence-electron chi connectivity index (χ2n) is 6.56. The molecule has 0 saturated heterocycles. The molecule has 0 saturated carbocycles. The van der Waals surface area contributed by atoms with E-state index in [1.165, 1.54) is 30.2 Å². The van der Waals surface area contributed by atoms with Gasteiger partial charge in [0.25, 0.3) is 0 Å². The third kappa shape index (κ3) is 3.91. The predicted molar refractivity (Wildman–Crippen MR) is 114 cm³/mol. The van der Waals surface area contributed by atoms with E-state index in [1.807, 2.05) is 6.92 Å². The maximum absolute atomic E-state index is 13.2. The first-order valence-corrected chi connectivity index (χ1v) is 10.3. The molecule has 152 valence electrons. The first-order chi connectivity index (χ1) is 14.6. The smallest absolute Gasteiger partial charge is 0.176 e. The normalized spacial score (nSPS) is 12.1. The average Bonchev–Trinajstić information content (AvgIpc) is 3.22. The molecule has 0 radical (unpaired) electrons. The lowest BCUT2D eigenvalue weighted by atomic mass is 10.1. The number of carbonyl (C=O) groups is 1. The summed E-state index contributed by atoms with van der Waals surface area (Å²) in [5, 5.41) is 5.52. The fourth-order valence-corrected chi connectivity index (χ4v) is 4.14. The van der Waals surface area contributed by atoms with Crippen molar-refractivity contribution >= 4 is 28.6 Å². The van der Waals surface area contributed by atoms with Gasteiger partial charge in [-0.3, -0.25) is 4.79 Å². The second kappa shape index (κ2) is 8.62. The van der Waals surface area contributed by atoms with Crippen LogP contribution in [0, 0.1) is 5.82 Å². The van der Waals surface area contributed by atoms with E-state index in [4.69, 9.17) is 4.74 Å². The molecule has 0 spiro atoms. The van der Waals surface area contributed by atoms with Crippen molar-refractivity contribution in [2.45, 2.75) is 23.6 Å². The summed E-state index contributed by atoms with van der Waals surface area (Å²) in [4.78, 5) is 21.7. The Kier molecular flexibility index (Phi) is 5.76. The van der Waals surface area contributed by atoms with Crippen LogP contribution in [0.25, 0.3) is 16.7 Å². The third-order valence-electron chi connectivity index (χ3n) is 4.69. The zero-order chi connectivity index (χ0) is 21.1. The number of halogens is 1. The number of rotatable bonds is 7. The van der Waals surface area contributed by atoms with Crippen LogP contribution in [0.15, 0.2) is 66.1 Å². The zero-order valence-corrected chi connectivity index (χ0v) is 17.3. The van der Waals surface area contributed by atoms with Gasteiger partial charge in [0.1, 0.15) is 22.9 Å². The van der Waals surface area contributed by atoms with Crippen LogP contribution >= 0.6 is 11.8 Å². The quantitative estimate of drug-likeness (QED) is 0.244. The number of ether oxygens (including phenoxy) is 1. The lowest BCUT2D eigenvalue weighted by Crippen LogP contribution is -2.16. The van der Waals surface area contributed by atoms with Gasteiger partial charge in [-0.2, -0.15) is 5.10 Å². The number of fused-ring (bicyclic) bond motifs is 1. The van der Waals surface area contributed by atoms with Crippen LogP contribution in [-0.4, -0.2) is 37.9 Å². The fraction of sp³-hybridized carbons (Fsp3) is 0.182. The van der Waals surface area contributed by atoms with Crippen LogP contribution in [0.2, 0.25) is 0 Å². The standard InChI is InChI=1S/C22H19FN4O2S/c1-3-19(20(28)14-4-10-17(29-2)11-5-14)30-22-18-12-26-27(21(18)24-13-25-22)16-8-6-15(23)7-9-16/h4-13,19H,3H2,1-2H3. The van der Waals surface area contributed by atoms with Gasteiger partial charge in [0, 0.05) is 5.56 Å². The number of thioether (sulfide) groups is 1. The van der Waals surface area contributed by atoms with Crippen molar-refractivity contribution in [3.63, 3.8) is 0 Å². The van der Waals surface area contributed by atoms with Crippen LogP contribution in [0.1, 0.15) is 23.7 Å². The molecule has 2 heterocycles. The number of ketones is 1. The first-order valence-electron chi connectivity index (χ1n) is 9.40. The van der Waals surface area contributed by atoms with Crippen molar-refractivity contribution in [1.29, 1.82) is 0 Å². The molecule has 0 fully saturated rings. The monoisotopic (exact) mass is 422 g/mol. The maximum Gasteiger partial charge on any atom is 0.176 e. The minimum Gasteiger partial charge on any atom is -0.497 e. The Balaban J connectivity index is 1.63. The molecule has 0 bridgehead atoms. The largest absolute Gasteiger partial charge is 0.497 e. The highest BCUT2D eigenvalue weighted by molar-refractivity contribution is 8.00. The highest BCUT2D eigenvalue weighted by Crippen LogP contribution is 2.32. The van der Waals surface area contributed by atoms with E-state index in [-0.39, 0.29) is 16.9 Å². The summed E-state index contributed by atoms with van der Waals surface area (Å²) in [6.45, 7) is 1.97. The zero-order valence-electron chi connectivity index (χ0n) is 16.4. The van der Waals surface area contributed by atoms with E-state index in [0.717, 1.165) is 5.39 Å². The van der Waals surface area contributed by atoms with Crippen molar-refractivity contribution in [2.75, 3.05) is 7.11 Å². The number of hydrogen-bond acceptors (Lipinski definition) is 6. The molecule has 0 amide bonds. The molecule has 6 nitrogen and oxygen atoms in total. The van der Waals surface area contributed by atoms with Crippen LogP contribution in [-0.2, 0) is 0 Å². The number of hydrogen-bond donors (Lipinski definition) is 0. The second-order valence-corrected chi connectivity index (χ2v) is 7.75. The summed E-state index contributed by atoms with van der Waals surface area (Å²) >= 11 is 1.40. The number of aromatic nitrogens is 4. The van der Waals surface area contributed by atoms with E-state index >= 15 is 0 Å². The Hall–Kier alpha value is -3.26. The third-order valence-corrected chi connectivity index (χ3v) is 6.07. The van der Waals surface area contributed by atoms with E-state index in [1.54, 1.807) is 54.4 Å². The van der Waals surface area contributed by atoms with Gasteiger partial charge in [0.2, 0.25) is 0 Å². The van der Waals surface area contributed by atoms with Gasteiger partial charge in [-0.15, -0.1) is 0 Å². The number of nitrogens with zero attached hydrogens (tertiary/aromatic N) is 4. The molecule has 0 N–H and O–H groups in total. The van der Waals surface area contributed by atoms with Gasteiger partial charge in [0.05, 0.1) is 29.6 Å². The van der Waals surface area contributed by atoms with Crippen LogP contribution in [0.3, 0.4) is 0 Å². The Morgan fingerprint density at radius 1 is 1.13 bits per heavy atom. The molecule has 0 aliphatic rings. The minimum atomic E-state index is -0.316. The Morgan fingerprint density at radius 3 is 2.53 bits per heavy atom. The van der Waals surface area contributed by atoms with Gasteiger partial charge < -0.3 is 4.74 Å². The van der Waals surface area contributed by atoms with Gasteiger partial charge in [-0.05, 0) is 55.0 Å². The van der Waals surface area contributed by atoms with Crippen molar-refractivity contribution in [3.05, 3.63) is 72.4 Å².